The highest BCUT2D eigenvalue weighted by molar-refractivity contribution is 7.92. The molecule has 1 fully saturated rings. The Bertz CT molecular complexity index is 1050. The fraction of sp³-hybridized carbons (Fsp3) is 0.333. The molecule has 0 bridgehead atoms. The van der Waals surface area contributed by atoms with E-state index in [1.54, 1.807) is 25.1 Å². The van der Waals surface area contributed by atoms with Crippen LogP contribution in [0.25, 0.3) is 0 Å². The number of halogens is 2. The molecule has 11 heteroatoms. The Hall–Kier alpha value is -2.49. The van der Waals surface area contributed by atoms with Gasteiger partial charge in [-0.05, 0) is 37.3 Å². The van der Waals surface area contributed by atoms with Crippen molar-refractivity contribution in [3.05, 3.63) is 58.6 Å². The lowest BCUT2D eigenvalue weighted by atomic mass is 10.3. The third kappa shape index (κ3) is 5.65. The lowest BCUT2D eigenvalue weighted by Gasteiger charge is -2.35. The molecule has 1 saturated heterocycles. The van der Waals surface area contributed by atoms with Crippen molar-refractivity contribution in [1.82, 2.24) is 9.80 Å². The summed E-state index contributed by atoms with van der Waals surface area (Å²) in [7, 11) is -4.07. The van der Waals surface area contributed by atoms with Gasteiger partial charge in [-0.1, -0.05) is 41.4 Å². The van der Waals surface area contributed by atoms with Crippen LogP contribution >= 0.6 is 23.2 Å². The molecule has 0 N–H and O–H groups in total. The molecule has 0 aliphatic carbocycles. The molecule has 1 heterocycles. The summed E-state index contributed by atoms with van der Waals surface area (Å²) < 4.78 is 32.8. The zero-order valence-electron chi connectivity index (χ0n) is 17.4. The van der Waals surface area contributed by atoms with Crippen LogP contribution in [0.4, 0.5) is 10.5 Å². The van der Waals surface area contributed by atoms with Crippen molar-refractivity contribution in [3.8, 4) is 0 Å². The first-order chi connectivity index (χ1) is 15.2. The van der Waals surface area contributed by atoms with E-state index in [2.05, 4.69) is 0 Å². The van der Waals surface area contributed by atoms with Crippen molar-refractivity contribution in [2.24, 2.45) is 0 Å². The van der Waals surface area contributed by atoms with E-state index in [1.165, 1.54) is 40.1 Å². The number of nitrogens with zero attached hydrogens (tertiary/aromatic N) is 3. The number of piperazine rings is 1. The highest BCUT2D eigenvalue weighted by Crippen LogP contribution is 2.29. The molecule has 0 radical (unpaired) electrons. The summed E-state index contributed by atoms with van der Waals surface area (Å²) in [6.45, 7) is 2.71. The Labute approximate surface area is 197 Å². The Morgan fingerprint density at radius 3 is 2.09 bits per heavy atom. The van der Waals surface area contributed by atoms with Crippen LogP contribution in [-0.2, 0) is 19.6 Å². The first-order valence-electron chi connectivity index (χ1n) is 9.95. The quantitative estimate of drug-likeness (QED) is 0.606. The van der Waals surface area contributed by atoms with E-state index in [1.807, 2.05) is 0 Å². The van der Waals surface area contributed by atoms with Crippen molar-refractivity contribution >= 4 is 50.9 Å². The molecule has 1 aliphatic rings. The van der Waals surface area contributed by atoms with Gasteiger partial charge in [-0.2, -0.15) is 0 Å². The molecule has 2 amide bonds. The maximum absolute atomic E-state index is 13.4. The topological polar surface area (TPSA) is 87.2 Å². The van der Waals surface area contributed by atoms with Crippen LogP contribution in [0.3, 0.4) is 0 Å². The van der Waals surface area contributed by atoms with Gasteiger partial charge in [-0.15, -0.1) is 0 Å². The maximum atomic E-state index is 13.4. The fourth-order valence-electron chi connectivity index (χ4n) is 3.29. The summed E-state index contributed by atoms with van der Waals surface area (Å²) in [5.74, 6) is -0.399. The molecule has 3 rings (SSSR count). The van der Waals surface area contributed by atoms with Crippen molar-refractivity contribution in [1.29, 1.82) is 0 Å². The highest BCUT2D eigenvalue weighted by Gasteiger charge is 2.31. The van der Waals surface area contributed by atoms with Crippen LogP contribution in [0.5, 0.6) is 0 Å². The molecule has 32 heavy (non-hydrogen) atoms. The number of sulfonamides is 1. The van der Waals surface area contributed by atoms with Crippen molar-refractivity contribution in [2.45, 2.75) is 11.8 Å². The fourth-order valence-corrected chi connectivity index (χ4v) is 5.23. The summed E-state index contributed by atoms with van der Waals surface area (Å²) in [5, 5.41) is 0.493. The second-order valence-electron chi connectivity index (χ2n) is 7.02. The number of carbonyl (C=O) groups excluding carboxylic acids is 2. The monoisotopic (exact) mass is 499 g/mol. The average Bonchev–Trinajstić information content (AvgIpc) is 2.77. The predicted octanol–water partition coefficient (Wildman–Crippen LogP) is 3.49. The second-order valence-corrected chi connectivity index (χ2v) is 9.75. The van der Waals surface area contributed by atoms with Crippen LogP contribution in [-0.4, -0.2) is 69.5 Å². The van der Waals surface area contributed by atoms with E-state index in [0.717, 1.165) is 4.31 Å². The van der Waals surface area contributed by atoms with Crippen molar-refractivity contribution in [2.75, 3.05) is 43.6 Å². The number of carbonyl (C=O) groups is 2. The van der Waals surface area contributed by atoms with Crippen LogP contribution in [0.1, 0.15) is 6.92 Å². The first kappa shape index (κ1) is 24.2. The third-order valence-electron chi connectivity index (χ3n) is 4.90. The van der Waals surface area contributed by atoms with E-state index in [-0.39, 0.29) is 40.3 Å². The largest absolute Gasteiger partial charge is 0.450 e. The van der Waals surface area contributed by atoms with Gasteiger partial charge < -0.3 is 14.5 Å². The lowest BCUT2D eigenvalue weighted by Crippen LogP contribution is -2.53. The Morgan fingerprint density at radius 2 is 1.53 bits per heavy atom. The first-order valence-corrected chi connectivity index (χ1v) is 12.2. The molecule has 1 aliphatic heterocycles. The van der Waals surface area contributed by atoms with E-state index < -0.39 is 28.6 Å². The van der Waals surface area contributed by atoms with E-state index >= 15 is 0 Å². The van der Waals surface area contributed by atoms with Gasteiger partial charge in [0.1, 0.15) is 6.54 Å². The average molecular weight is 500 g/mol. The Balaban J connectivity index is 1.84. The van der Waals surface area contributed by atoms with E-state index in [9.17, 15) is 18.0 Å². The van der Waals surface area contributed by atoms with E-state index in [0.29, 0.717) is 13.1 Å². The molecule has 172 valence electrons. The van der Waals surface area contributed by atoms with Gasteiger partial charge in [0.05, 0.1) is 17.2 Å². The van der Waals surface area contributed by atoms with Gasteiger partial charge in [0.2, 0.25) is 5.91 Å². The Morgan fingerprint density at radius 1 is 0.969 bits per heavy atom. The molecule has 8 nitrogen and oxygen atoms in total. The number of rotatable bonds is 6. The normalized spacial score (nSPS) is 14.2. The Kier molecular flexibility index (Phi) is 7.86. The maximum Gasteiger partial charge on any atom is 0.409 e. The van der Waals surface area contributed by atoms with Crippen LogP contribution in [0, 0.1) is 0 Å². The van der Waals surface area contributed by atoms with Crippen molar-refractivity contribution < 1.29 is 22.7 Å². The summed E-state index contributed by atoms with van der Waals surface area (Å²) in [6.07, 6.45) is -0.429. The summed E-state index contributed by atoms with van der Waals surface area (Å²) in [6, 6.07) is 12.2. The minimum atomic E-state index is -4.07. The number of amides is 2. The predicted molar refractivity (Wildman–Crippen MR) is 123 cm³/mol. The number of ether oxygens (including phenoxy) is 1. The summed E-state index contributed by atoms with van der Waals surface area (Å²) >= 11 is 12.2. The standard InChI is InChI=1S/C21H23Cl2N3O5S/c1-2-31-21(28)25-10-8-24(9-11-25)20(27)15-26(18-13-16(22)12-17(23)14-18)32(29,30)19-6-4-3-5-7-19/h3-7,12-14H,2,8-11,15H2,1H3. The molecule has 0 spiro atoms. The van der Waals surface area contributed by atoms with Gasteiger partial charge in [-0.3, -0.25) is 9.10 Å². The molecule has 0 unspecified atom stereocenters. The number of hydrogen-bond acceptors (Lipinski definition) is 5. The van der Waals surface area contributed by atoms with Crippen molar-refractivity contribution in [3.63, 3.8) is 0 Å². The van der Waals surface area contributed by atoms with Crippen LogP contribution in [0.2, 0.25) is 10.0 Å². The number of anilines is 1. The number of hydrogen-bond donors (Lipinski definition) is 0. The molecule has 0 saturated carbocycles. The minimum Gasteiger partial charge on any atom is -0.450 e. The molecule has 2 aromatic carbocycles. The summed E-state index contributed by atoms with van der Waals surface area (Å²) in [5.41, 5.74) is 0.185. The highest BCUT2D eigenvalue weighted by atomic mass is 35.5. The smallest absolute Gasteiger partial charge is 0.409 e. The van der Waals surface area contributed by atoms with Gasteiger partial charge in [0.15, 0.2) is 0 Å². The van der Waals surface area contributed by atoms with E-state index in [4.69, 9.17) is 27.9 Å². The number of benzene rings is 2. The molecular formula is C21H23Cl2N3O5S. The van der Waals surface area contributed by atoms with Gasteiger partial charge in [-0.25, -0.2) is 13.2 Å². The van der Waals surface area contributed by atoms with Gasteiger partial charge in [0.25, 0.3) is 10.0 Å². The lowest BCUT2D eigenvalue weighted by molar-refractivity contribution is -0.131. The SMILES string of the molecule is CCOC(=O)N1CCN(C(=O)CN(c2cc(Cl)cc(Cl)c2)S(=O)(=O)c2ccccc2)CC1. The van der Waals surface area contributed by atoms with Gasteiger partial charge in [0, 0.05) is 36.2 Å². The summed E-state index contributed by atoms with van der Waals surface area (Å²) in [4.78, 5) is 28.0. The molecule has 0 aromatic heterocycles. The zero-order valence-corrected chi connectivity index (χ0v) is 19.7. The van der Waals surface area contributed by atoms with Gasteiger partial charge >= 0.3 is 6.09 Å². The second kappa shape index (κ2) is 10.4. The molecule has 2 aromatic rings. The molecule has 0 atom stereocenters. The van der Waals surface area contributed by atoms with Crippen LogP contribution in [0.15, 0.2) is 53.4 Å². The molecular weight excluding hydrogens is 477 g/mol. The third-order valence-corrected chi connectivity index (χ3v) is 7.13. The minimum absolute atomic E-state index is 0.0380. The van der Waals surface area contributed by atoms with Crippen LogP contribution < -0.4 is 4.31 Å². The zero-order chi connectivity index (χ0) is 23.3.